The maximum absolute atomic E-state index is 13.8. The standard InChI is InChI=1S/C20H33FN4O/c1-5-22-20(24-16(4)15(2)3)23-14-19(25-9-11-26-12-10-25)17-7-6-8-18(21)13-17/h6-8,13,15-16,19H,5,9-12,14H2,1-4H3,(H2,22,23,24). The molecule has 0 aliphatic carbocycles. The Balaban J connectivity index is 2.17. The van der Waals surface area contributed by atoms with Gasteiger partial charge in [0.15, 0.2) is 5.96 Å². The van der Waals surface area contributed by atoms with Gasteiger partial charge in [0.2, 0.25) is 0 Å². The Labute approximate surface area is 157 Å². The Morgan fingerprint density at radius 1 is 1.27 bits per heavy atom. The predicted molar refractivity (Wildman–Crippen MR) is 105 cm³/mol. The van der Waals surface area contributed by atoms with E-state index in [4.69, 9.17) is 9.73 Å². The molecule has 1 saturated heterocycles. The molecule has 1 aromatic carbocycles. The molecular formula is C20H33FN4O. The first-order chi connectivity index (χ1) is 12.5. The van der Waals surface area contributed by atoms with Gasteiger partial charge in [0.25, 0.3) is 0 Å². The van der Waals surface area contributed by atoms with Crippen molar-refractivity contribution in [3.05, 3.63) is 35.6 Å². The summed E-state index contributed by atoms with van der Waals surface area (Å²) in [5, 5.41) is 6.77. The smallest absolute Gasteiger partial charge is 0.191 e. The number of ether oxygens (including phenoxy) is 1. The molecular weight excluding hydrogens is 331 g/mol. The molecule has 0 amide bonds. The summed E-state index contributed by atoms with van der Waals surface area (Å²) < 4.78 is 19.2. The van der Waals surface area contributed by atoms with Gasteiger partial charge in [-0.15, -0.1) is 0 Å². The van der Waals surface area contributed by atoms with Gasteiger partial charge in [-0.05, 0) is 37.5 Å². The number of hydrogen-bond acceptors (Lipinski definition) is 3. The van der Waals surface area contributed by atoms with Crippen molar-refractivity contribution in [1.82, 2.24) is 15.5 Å². The SMILES string of the molecule is CCNC(=NCC(c1cccc(F)c1)N1CCOCC1)NC(C)C(C)C. The first-order valence-electron chi connectivity index (χ1n) is 9.63. The van der Waals surface area contributed by atoms with E-state index in [-0.39, 0.29) is 11.9 Å². The van der Waals surface area contributed by atoms with Gasteiger partial charge in [-0.3, -0.25) is 9.89 Å². The summed E-state index contributed by atoms with van der Waals surface area (Å²) in [7, 11) is 0. The van der Waals surface area contributed by atoms with Crippen LogP contribution in [0.1, 0.15) is 39.3 Å². The second kappa shape index (κ2) is 10.5. The van der Waals surface area contributed by atoms with E-state index < -0.39 is 0 Å². The molecule has 0 radical (unpaired) electrons. The molecule has 0 aromatic heterocycles. The van der Waals surface area contributed by atoms with Crippen LogP contribution in [-0.4, -0.2) is 56.3 Å². The molecule has 1 heterocycles. The third-order valence-corrected chi connectivity index (χ3v) is 4.85. The molecule has 2 N–H and O–H groups in total. The molecule has 1 fully saturated rings. The molecule has 6 heteroatoms. The number of nitrogens with zero attached hydrogens (tertiary/aromatic N) is 2. The van der Waals surface area contributed by atoms with Gasteiger partial charge >= 0.3 is 0 Å². The fourth-order valence-corrected chi connectivity index (χ4v) is 2.91. The van der Waals surface area contributed by atoms with E-state index in [1.54, 1.807) is 12.1 Å². The topological polar surface area (TPSA) is 48.9 Å². The molecule has 2 atom stereocenters. The average Bonchev–Trinajstić information content (AvgIpc) is 2.63. The largest absolute Gasteiger partial charge is 0.379 e. The van der Waals surface area contributed by atoms with Crippen molar-refractivity contribution in [3.63, 3.8) is 0 Å². The number of guanidine groups is 1. The van der Waals surface area contributed by atoms with Crippen LogP contribution in [0.25, 0.3) is 0 Å². The second-order valence-corrected chi connectivity index (χ2v) is 7.12. The Morgan fingerprint density at radius 2 is 2.00 bits per heavy atom. The lowest BCUT2D eigenvalue weighted by Crippen LogP contribution is -2.45. The van der Waals surface area contributed by atoms with Crippen molar-refractivity contribution in [2.45, 2.75) is 39.8 Å². The van der Waals surface area contributed by atoms with Crippen LogP contribution in [0.2, 0.25) is 0 Å². The van der Waals surface area contributed by atoms with Crippen LogP contribution in [0.3, 0.4) is 0 Å². The van der Waals surface area contributed by atoms with E-state index >= 15 is 0 Å². The first-order valence-corrected chi connectivity index (χ1v) is 9.63. The maximum atomic E-state index is 13.8. The number of hydrogen-bond donors (Lipinski definition) is 2. The van der Waals surface area contributed by atoms with Crippen molar-refractivity contribution < 1.29 is 9.13 Å². The van der Waals surface area contributed by atoms with Crippen molar-refractivity contribution in [2.24, 2.45) is 10.9 Å². The minimum Gasteiger partial charge on any atom is -0.379 e. The molecule has 0 spiro atoms. The van der Waals surface area contributed by atoms with Crippen molar-refractivity contribution >= 4 is 5.96 Å². The van der Waals surface area contributed by atoms with E-state index in [1.165, 1.54) is 6.07 Å². The lowest BCUT2D eigenvalue weighted by molar-refractivity contribution is 0.0179. The first kappa shape index (κ1) is 20.6. The van der Waals surface area contributed by atoms with E-state index in [1.807, 2.05) is 6.07 Å². The minimum absolute atomic E-state index is 0.0411. The number of halogens is 1. The summed E-state index contributed by atoms with van der Waals surface area (Å²) in [6.07, 6.45) is 0. The summed E-state index contributed by atoms with van der Waals surface area (Å²) in [5.41, 5.74) is 0.961. The molecule has 1 aliphatic heterocycles. The molecule has 146 valence electrons. The highest BCUT2D eigenvalue weighted by atomic mass is 19.1. The summed E-state index contributed by atoms with van der Waals surface area (Å²) in [4.78, 5) is 7.14. The molecule has 0 bridgehead atoms. The van der Waals surface area contributed by atoms with Gasteiger partial charge in [0.1, 0.15) is 5.82 Å². The fourth-order valence-electron chi connectivity index (χ4n) is 2.91. The summed E-state index contributed by atoms with van der Waals surface area (Å²) in [5.74, 6) is 1.11. The van der Waals surface area contributed by atoms with Crippen LogP contribution < -0.4 is 10.6 Å². The van der Waals surface area contributed by atoms with Crippen LogP contribution in [0.15, 0.2) is 29.3 Å². The van der Waals surface area contributed by atoms with E-state index in [2.05, 4.69) is 43.2 Å². The van der Waals surface area contributed by atoms with Crippen molar-refractivity contribution in [2.75, 3.05) is 39.4 Å². The van der Waals surface area contributed by atoms with Crippen LogP contribution >= 0.6 is 0 Å². The van der Waals surface area contributed by atoms with Gasteiger partial charge in [0, 0.05) is 25.7 Å². The van der Waals surface area contributed by atoms with Gasteiger partial charge in [-0.25, -0.2) is 4.39 Å². The van der Waals surface area contributed by atoms with Gasteiger partial charge in [-0.2, -0.15) is 0 Å². The zero-order valence-corrected chi connectivity index (χ0v) is 16.5. The predicted octanol–water partition coefficient (Wildman–Crippen LogP) is 2.80. The zero-order valence-electron chi connectivity index (χ0n) is 16.5. The van der Waals surface area contributed by atoms with Gasteiger partial charge in [0.05, 0.1) is 25.8 Å². The Kier molecular flexibility index (Phi) is 8.32. The van der Waals surface area contributed by atoms with Crippen LogP contribution in [0.5, 0.6) is 0 Å². The zero-order chi connectivity index (χ0) is 18.9. The molecule has 26 heavy (non-hydrogen) atoms. The van der Waals surface area contributed by atoms with Crippen molar-refractivity contribution in [1.29, 1.82) is 0 Å². The van der Waals surface area contributed by atoms with Gasteiger partial charge < -0.3 is 15.4 Å². The second-order valence-electron chi connectivity index (χ2n) is 7.12. The normalized spacial score (nSPS) is 18.6. The van der Waals surface area contributed by atoms with Gasteiger partial charge in [-0.1, -0.05) is 26.0 Å². The number of benzene rings is 1. The third kappa shape index (κ3) is 6.25. The highest BCUT2D eigenvalue weighted by Gasteiger charge is 2.23. The molecule has 5 nitrogen and oxygen atoms in total. The lowest BCUT2D eigenvalue weighted by atomic mass is 10.0. The number of morpholine rings is 1. The third-order valence-electron chi connectivity index (χ3n) is 4.85. The van der Waals surface area contributed by atoms with E-state index in [0.717, 1.165) is 31.2 Å². The number of rotatable bonds is 7. The fraction of sp³-hybridized carbons (Fsp3) is 0.650. The molecule has 2 rings (SSSR count). The monoisotopic (exact) mass is 364 g/mol. The average molecular weight is 365 g/mol. The van der Waals surface area contributed by atoms with Crippen LogP contribution in [-0.2, 0) is 4.74 Å². The Hall–Kier alpha value is -1.66. The molecule has 2 unspecified atom stereocenters. The van der Waals surface area contributed by atoms with Crippen LogP contribution in [0, 0.1) is 11.7 Å². The molecule has 1 aromatic rings. The van der Waals surface area contributed by atoms with Crippen LogP contribution in [0.4, 0.5) is 4.39 Å². The summed E-state index contributed by atoms with van der Waals surface area (Å²) in [6.45, 7) is 13.0. The van der Waals surface area contributed by atoms with E-state index in [9.17, 15) is 4.39 Å². The minimum atomic E-state index is -0.205. The molecule has 0 saturated carbocycles. The Bertz CT molecular complexity index is 573. The number of aliphatic imine (C=N–C) groups is 1. The number of nitrogens with one attached hydrogen (secondary N) is 2. The maximum Gasteiger partial charge on any atom is 0.191 e. The summed E-state index contributed by atoms with van der Waals surface area (Å²) >= 11 is 0. The van der Waals surface area contributed by atoms with Crippen molar-refractivity contribution in [3.8, 4) is 0 Å². The highest BCUT2D eigenvalue weighted by molar-refractivity contribution is 5.80. The highest BCUT2D eigenvalue weighted by Crippen LogP contribution is 2.23. The Morgan fingerprint density at radius 3 is 2.62 bits per heavy atom. The quantitative estimate of drug-likeness (QED) is 0.577. The molecule has 1 aliphatic rings. The summed E-state index contributed by atoms with van der Waals surface area (Å²) in [6, 6.07) is 7.22. The van der Waals surface area contributed by atoms with E-state index in [0.29, 0.717) is 31.7 Å². The lowest BCUT2D eigenvalue weighted by Gasteiger charge is -2.34.